The fraction of sp³-hybridized carbons (Fsp3) is 0. The van der Waals surface area contributed by atoms with E-state index >= 15 is 0 Å². The molecule has 0 atom stereocenters. The van der Waals surface area contributed by atoms with Crippen molar-refractivity contribution in [3.63, 3.8) is 0 Å². The van der Waals surface area contributed by atoms with Crippen molar-refractivity contribution in [2.75, 3.05) is 0 Å². The van der Waals surface area contributed by atoms with Crippen LogP contribution in [0, 0.1) is 0 Å². The van der Waals surface area contributed by atoms with E-state index in [0.29, 0.717) is 0 Å². The molecule has 80 valence electrons. The first-order valence-corrected chi connectivity index (χ1v) is 6.31. The summed E-state index contributed by atoms with van der Waals surface area (Å²) in [5.74, 6) is 0. The summed E-state index contributed by atoms with van der Waals surface area (Å²) in [5, 5.41) is 2.37. The third kappa shape index (κ3) is 1.33. The van der Waals surface area contributed by atoms with Gasteiger partial charge in [-0.2, -0.15) is 0 Å². The summed E-state index contributed by atoms with van der Waals surface area (Å²) in [6.07, 6.45) is 0. The van der Waals surface area contributed by atoms with Gasteiger partial charge < -0.3 is 0 Å². The zero-order chi connectivity index (χ0) is 11.2. The summed E-state index contributed by atoms with van der Waals surface area (Å²) < 4.78 is 1.22. The Hall–Kier alpha value is -2.00. The molecule has 0 aliphatic rings. The van der Waals surface area contributed by atoms with Crippen LogP contribution < -0.4 is 0 Å². The molecular weight excluding hydrogens is 228 g/mol. The van der Waals surface area contributed by atoms with Crippen molar-refractivity contribution in [2.24, 2.45) is 0 Å². The van der Waals surface area contributed by atoms with Gasteiger partial charge in [0.15, 0.2) is 0 Å². The summed E-state index contributed by atoms with van der Waals surface area (Å²) in [7, 11) is 0. The number of para-hydroxylation sites is 1. The minimum atomic E-state index is 1.02. The van der Waals surface area contributed by atoms with Gasteiger partial charge >= 0.3 is 0 Å². The Balaban J connectivity index is 2.23. The molecule has 0 N–H and O–H groups in total. The first-order chi connectivity index (χ1) is 8.40. The third-order valence-corrected chi connectivity index (χ3v) is 3.76. The predicted octanol–water partition coefficient (Wildman–Crippen LogP) is 4.00. The van der Waals surface area contributed by atoms with Crippen molar-refractivity contribution in [1.82, 2.24) is 9.97 Å². The first-order valence-electron chi connectivity index (χ1n) is 5.43. The van der Waals surface area contributed by atoms with Crippen LogP contribution in [0.1, 0.15) is 0 Å². The average Bonchev–Trinajstić information content (AvgIpc) is 2.80. The van der Waals surface area contributed by atoms with Crippen LogP contribution in [0.25, 0.3) is 32.0 Å². The van der Waals surface area contributed by atoms with Gasteiger partial charge in [0.05, 0.1) is 26.8 Å². The Morgan fingerprint density at radius 3 is 2.76 bits per heavy atom. The Morgan fingerprint density at radius 1 is 0.824 bits per heavy atom. The number of pyridine rings is 1. The summed E-state index contributed by atoms with van der Waals surface area (Å²) in [4.78, 5) is 9.00. The Morgan fingerprint density at radius 2 is 1.76 bits per heavy atom. The molecule has 4 aromatic rings. The fourth-order valence-corrected chi connectivity index (χ4v) is 2.84. The lowest BCUT2D eigenvalue weighted by Gasteiger charge is -2.01. The molecule has 2 aromatic heterocycles. The van der Waals surface area contributed by atoms with E-state index in [0.717, 1.165) is 16.6 Å². The molecule has 4 rings (SSSR count). The van der Waals surface area contributed by atoms with E-state index in [-0.39, 0.29) is 0 Å². The molecule has 0 radical (unpaired) electrons. The van der Waals surface area contributed by atoms with Crippen LogP contribution in [0.3, 0.4) is 0 Å². The van der Waals surface area contributed by atoms with Gasteiger partial charge in [0.25, 0.3) is 0 Å². The van der Waals surface area contributed by atoms with Gasteiger partial charge in [-0.15, -0.1) is 11.3 Å². The maximum absolute atomic E-state index is 4.67. The molecule has 0 saturated heterocycles. The van der Waals surface area contributed by atoms with E-state index in [2.05, 4.69) is 34.2 Å². The van der Waals surface area contributed by atoms with Crippen molar-refractivity contribution in [2.45, 2.75) is 0 Å². The monoisotopic (exact) mass is 236 g/mol. The minimum Gasteiger partial charge on any atom is -0.248 e. The Kier molecular flexibility index (Phi) is 1.73. The number of hydrogen-bond acceptors (Lipinski definition) is 3. The normalized spacial score (nSPS) is 11.5. The number of rotatable bonds is 0. The zero-order valence-electron chi connectivity index (χ0n) is 8.92. The minimum absolute atomic E-state index is 1.02. The van der Waals surface area contributed by atoms with E-state index in [1.807, 2.05) is 23.7 Å². The van der Waals surface area contributed by atoms with Gasteiger partial charge in [-0.1, -0.05) is 18.2 Å². The van der Waals surface area contributed by atoms with Gasteiger partial charge in [-0.3, -0.25) is 0 Å². The maximum atomic E-state index is 4.67. The second-order valence-electron chi connectivity index (χ2n) is 4.05. The highest BCUT2D eigenvalue weighted by atomic mass is 32.1. The van der Waals surface area contributed by atoms with E-state index in [4.69, 9.17) is 0 Å². The van der Waals surface area contributed by atoms with Crippen molar-refractivity contribution in [3.8, 4) is 0 Å². The largest absolute Gasteiger partial charge is 0.248 e. The van der Waals surface area contributed by atoms with Crippen LogP contribution in [0.2, 0.25) is 0 Å². The fourth-order valence-electron chi connectivity index (χ4n) is 2.13. The van der Waals surface area contributed by atoms with Crippen LogP contribution in [0.5, 0.6) is 0 Å². The molecule has 0 unspecified atom stereocenters. The van der Waals surface area contributed by atoms with Gasteiger partial charge in [0.1, 0.15) is 0 Å². The summed E-state index contributed by atoms with van der Waals surface area (Å²) in [5.41, 5.74) is 4.96. The highest BCUT2D eigenvalue weighted by molar-refractivity contribution is 7.16. The van der Waals surface area contributed by atoms with Crippen molar-refractivity contribution in [1.29, 1.82) is 0 Å². The standard InChI is InChI=1S/C14H8N2S/c1-2-4-11-9(3-1)5-10-6-14-13(15-8-17-14)7-12(10)16-11/h1-8H. The summed E-state index contributed by atoms with van der Waals surface area (Å²) in [6.45, 7) is 0. The predicted molar refractivity (Wildman–Crippen MR) is 72.4 cm³/mol. The molecule has 0 bridgehead atoms. The SMILES string of the molecule is c1ccc2nc3cc4ncsc4cc3cc2c1. The number of nitrogens with zero attached hydrogens (tertiary/aromatic N) is 2. The van der Waals surface area contributed by atoms with Crippen molar-refractivity contribution in [3.05, 3.63) is 48.0 Å². The lowest BCUT2D eigenvalue weighted by Crippen LogP contribution is -1.82. The molecule has 2 nitrogen and oxygen atoms in total. The van der Waals surface area contributed by atoms with Crippen LogP contribution >= 0.6 is 11.3 Å². The molecule has 0 amide bonds. The lowest BCUT2D eigenvalue weighted by atomic mass is 10.1. The van der Waals surface area contributed by atoms with Gasteiger partial charge in [0, 0.05) is 10.8 Å². The second kappa shape index (κ2) is 3.25. The smallest absolute Gasteiger partial charge is 0.0833 e. The molecular formula is C14H8N2S. The number of hydrogen-bond donors (Lipinski definition) is 0. The molecule has 0 fully saturated rings. The van der Waals surface area contributed by atoms with Gasteiger partial charge in [0.2, 0.25) is 0 Å². The number of aromatic nitrogens is 2. The quantitative estimate of drug-likeness (QED) is 0.431. The van der Waals surface area contributed by atoms with E-state index < -0.39 is 0 Å². The molecule has 2 heterocycles. The number of fused-ring (bicyclic) bond motifs is 3. The molecule has 3 heteroatoms. The van der Waals surface area contributed by atoms with E-state index in [9.17, 15) is 0 Å². The van der Waals surface area contributed by atoms with Crippen LogP contribution in [0.4, 0.5) is 0 Å². The third-order valence-electron chi connectivity index (χ3n) is 2.97. The molecule has 0 aliphatic heterocycles. The molecule has 0 saturated carbocycles. The maximum Gasteiger partial charge on any atom is 0.0833 e. The second-order valence-corrected chi connectivity index (χ2v) is 4.93. The van der Waals surface area contributed by atoms with Crippen molar-refractivity contribution < 1.29 is 0 Å². The molecule has 2 aromatic carbocycles. The lowest BCUT2D eigenvalue weighted by molar-refractivity contribution is 1.47. The summed E-state index contributed by atoms with van der Waals surface area (Å²) >= 11 is 1.67. The summed E-state index contributed by atoms with van der Waals surface area (Å²) in [6, 6.07) is 14.6. The molecule has 17 heavy (non-hydrogen) atoms. The zero-order valence-corrected chi connectivity index (χ0v) is 9.74. The molecule has 0 spiro atoms. The van der Waals surface area contributed by atoms with Crippen LogP contribution in [-0.4, -0.2) is 9.97 Å². The first kappa shape index (κ1) is 9.07. The number of benzene rings is 2. The van der Waals surface area contributed by atoms with E-state index in [1.54, 1.807) is 11.3 Å². The Bertz CT molecular complexity index is 779. The van der Waals surface area contributed by atoms with Crippen LogP contribution in [0.15, 0.2) is 48.0 Å². The topological polar surface area (TPSA) is 25.8 Å². The molecule has 0 aliphatic carbocycles. The van der Waals surface area contributed by atoms with Crippen LogP contribution in [-0.2, 0) is 0 Å². The Labute approximate surface area is 102 Å². The van der Waals surface area contributed by atoms with Gasteiger partial charge in [-0.05, 0) is 24.3 Å². The average molecular weight is 236 g/mol. The van der Waals surface area contributed by atoms with Crippen molar-refractivity contribution >= 4 is 43.4 Å². The highest BCUT2D eigenvalue weighted by Gasteiger charge is 2.03. The number of thiazole rings is 1. The van der Waals surface area contributed by atoms with E-state index in [1.165, 1.54) is 15.5 Å². The van der Waals surface area contributed by atoms with Gasteiger partial charge in [-0.25, -0.2) is 9.97 Å². The highest BCUT2D eigenvalue weighted by Crippen LogP contribution is 2.26.